The van der Waals surface area contributed by atoms with Crippen LogP contribution in [0, 0.1) is 0 Å². The lowest BCUT2D eigenvalue weighted by atomic mass is 10.1. The third-order valence-electron chi connectivity index (χ3n) is 3.28. The Hall–Kier alpha value is -1.26. The Morgan fingerprint density at radius 3 is 2.70 bits per heavy atom. The van der Waals surface area contributed by atoms with Gasteiger partial charge in [0.1, 0.15) is 5.60 Å². The first-order chi connectivity index (χ1) is 10.8. The van der Waals surface area contributed by atoms with Crippen LogP contribution < -0.4 is 10.6 Å². The standard InChI is InChI=1S/C18H29ClN2O2/c1-5-6-10-16(13-21-17(22)23-18(2,3)4)20-12-14-8-7-9-15(19)11-14/h7-9,11,16,20H,5-6,10,12-13H2,1-4H3,(H,21,22). The molecule has 0 heterocycles. The molecular formula is C18H29ClN2O2. The maximum absolute atomic E-state index is 11.8. The highest BCUT2D eigenvalue weighted by molar-refractivity contribution is 6.30. The second kappa shape index (κ2) is 9.78. The van der Waals surface area contributed by atoms with Gasteiger partial charge in [-0.3, -0.25) is 0 Å². The van der Waals surface area contributed by atoms with Crippen molar-refractivity contribution in [2.24, 2.45) is 0 Å². The van der Waals surface area contributed by atoms with E-state index in [1.165, 1.54) is 0 Å². The predicted octanol–water partition coefficient (Wildman–Crippen LogP) is 4.51. The first kappa shape index (κ1) is 19.8. The van der Waals surface area contributed by atoms with E-state index in [1.54, 1.807) is 0 Å². The normalized spacial score (nSPS) is 12.7. The van der Waals surface area contributed by atoms with Crippen LogP contribution in [0.15, 0.2) is 24.3 Å². The van der Waals surface area contributed by atoms with Crippen LogP contribution >= 0.6 is 11.6 Å². The predicted molar refractivity (Wildman–Crippen MR) is 95.8 cm³/mol. The van der Waals surface area contributed by atoms with Crippen LogP contribution in [0.25, 0.3) is 0 Å². The van der Waals surface area contributed by atoms with Crippen LogP contribution in [0.5, 0.6) is 0 Å². The molecule has 0 aliphatic rings. The highest BCUT2D eigenvalue weighted by Gasteiger charge is 2.17. The summed E-state index contributed by atoms with van der Waals surface area (Å²) in [5.41, 5.74) is 0.660. The quantitative estimate of drug-likeness (QED) is 0.731. The molecule has 130 valence electrons. The number of carbonyl (C=O) groups excluding carboxylic acids is 1. The van der Waals surface area contributed by atoms with E-state index in [0.717, 1.165) is 36.4 Å². The lowest BCUT2D eigenvalue weighted by molar-refractivity contribution is 0.0521. The topological polar surface area (TPSA) is 50.4 Å². The molecule has 1 atom stereocenters. The van der Waals surface area contributed by atoms with E-state index in [-0.39, 0.29) is 12.1 Å². The highest BCUT2D eigenvalue weighted by atomic mass is 35.5. The van der Waals surface area contributed by atoms with Gasteiger partial charge in [-0.05, 0) is 44.9 Å². The van der Waals surface area contributed by atoms with E-state index in [1.807, 2.05) is 45.0 Å². The Bertz CT molecular complexity index is 486. The van der Waals surface area contributed by atoms with Gasteiger partial charge in [0.25, 0.3) is 0 Å². The molecule has 1 unspecified atom stereocenters. The lowest BCUT2D eigenvalue weighted by Gasteiger charge is -2.23. The Morgan fingerprint density at radius 2 is 2.09 bits per heavy atom. The molecule has 4 nitrogen and oxygen atoms in total. The minimum absolute atomic E-state index is 0.210. The van der Waals surface area contributed by atoms with Crippen molar-refractivity contribution in [3.63, 3.8) is 0 Å². The van der Waals surface area contributed by atoms with Crippen LogP contribution in [0.1, 0.15) is 52.5 Å². The molecule has 0 bridgehead atoms. The first-order valence-corrected chi connectivity index (χ1v) is 8.62. The number of rotatable bonds is 8. The van der Waals surface area contributed by atoms with Gasteiger partial charge in [0, 0.05) is 24.2 Å². The number of halogens is 1. The Balaban J connectivity index is 2.47. The maximum atomic E-state index is 11.8. The van der Waals surface area contributed by atoms with E-state index in [2.05, 4.69) is 17.6 Å². The Morgan fingerprint density at radius 1 is 1.35 bits per heavy atom. The van der Waals surface area contributed by atoms with Crippen molar-refractivity contribution in [2.45, 2.75) is 65.1 Å². The number of amides is 1. The summed E-state index contributed by atoms with van der Waals surface area (Å²) in [5.74, 6) is 0. The third-order valence-corrected chi connectivity index (χ3v) is 3.52. The number of alkyl carbamates (subject to hydrolysis) is 1. The van der Waals surface area contributed by atoms with Crippen molar-refractivity contribution in [1.29, 1.82) is 0 Å². The van der Waals surface area contributed by atoms with Crippen LogP contribution in [0.2, 0.25) is 5.02 Å². The second-order valence-electron chi connectivity index (χ2n) is 6.73. The van der Waals surface area contributed by atoms with Gasteiger partial charge in [-0.1, -0.05) is 43.5 Å². The molecule has 23 heavy (non-hydrogen) atoms. The fraction of sp³-hybridized carbons (Fsp3) is 0.611. The van der Waals surface area contributed by atoms with E-state index >= 15 is 0 Å². The minimum atomic E-state index is -0.475. The van der Waals surface area contributed by atoms with E-state index in [9.17, 15) is 4.79 Å². The SMILES string of the molecule is CCCCC(CNC(=O)OC(C)(C)C)NCc1cccc(Cl)c1. The van der Waals surface area contributed by atoms with Gasteiger partial charge >= 0.3 is 6.09 Å². The molecule has 2 N–H and O–H groups in total. The van der Waals surface area contributed by atoms with Gasteiger partial charge < -0.3 is 15.4 Å². The smallest absolute Gasteiger partial charge is 0.407 e. The summed E-state index contributed by atoms with van der Waals surface area (Å²) in [6.07, 6.45) is 2.88. The summed E-state index contributed by atoms with van der Waals surface area (Å²) in [6.45, 7) is 9.02. The van der Waals surface area contributed by atoms with Gasteiger partial charge in [0.2, 0.25) is 0 Å². The molecule has 0 radical (unpaired) electrons. The fourth-order valence-electron chi connectivity index (χ4n) is 2.16. The Labute approximate surface area is 144 Å². The summed E-state index contributed by atoms with van der Waals surface area (Å²) < 4.78 is 5.28. The van der Waals surface area contributed by atoms with Gasteiger partial charge in [-0.2, -0.15) is 0 Å². The van der Waals surface area contributed by atoms with Crippen LogP contribution in [-0.2, 0) is 11.3 Å². The average molecular weight is 341 g/mol. The zero-order chi connectivity index (χ0) is 17.3. The molecule has 0 aromatic heterocycles. The van der Waals surface area contributed by atoms with Crippen molar-refractivity contribution in [2.75, 3.05) is 6.54 Å². The monoisotopic (exact) mass is 340 g/mol. The zero-order valence-corrected chi connectivity index (χ0v) is 15.4. The summed E-state index contributed by atoms with van der Waals surface area (Å²) in [6, 6.07) is 8.01. The van der Waals surface area contributed by atoms with Gasteiger partial charge in [-0.15, -0.1) is 0 Å². The molecule has 0 spiro atoms. The average Bonchev–Trinajstić information content (AvgIpc) is 2.44. The third kappa shape index (κ3) is 9.47. The van der Waals surface area contributed by atoms with Crippen LogP contribution in [-0.4, -0.2) is 24.3 Å². The Kier molecular flexibility index (Phi) is 8.42. The summed E-state index contributed by atoms with van der Waals surface area (Å²) in [4.78, 5) is 11.8. The summed E-state index contributed by atoms with van der Waals surface area (Å²) >= 11 is 6.01. The number of carbonyl (C=O) groups is 1. The minimum Gasteiger partial charge on any atom is -0.444 e. The van der Waals surface area contributed by atoms with Gasteiger partial charge in [0.05, 0.1) is 0 Å². The summed E-state index contributed by atoms with van der Waals surface area (Å²) in [5, 5.41) is 7.07. The molecule has 0 saturated heterocycles. The molecule has 0 aliphatic carbocycles. The number of nitrogens with one attached hydrogen (secondary N) is 2. The molecule has 0 fully saturated rings. The van der Waals surface area contributed by atoms with Gasteiger partial charge in [0.15, 0.2) is 0 Å². The largest absolute Gasteiger partial charge is 0.444 e. The molecule has 1 aromatic rings. The van der Waals surface area contributed by atoms with Crippen LogP contribution in [0.3, 0.4) is 0 Å². The van der Waals surface area contributed by atoms with Crippen molar-refractivity contribution in [3.05, 3.63) is 34.9 Å². The van der Waals surface area contributed by atoms with E-state index in [4.69, 9.17) is 16.3 Å². The summed E-state index contributed by atoms with van der Waals surface area (Å²) in [7, 11) is 0. The molecule has 1 amide bonds. The van der Waals surface area contributed by atoms with Crippen LogP contribution in [0.4, 0.5) is 4.79 Å². The molecule has 1 aromatic carbocycles. The van der Waals surface area contributed by atoms with Crippen molar-refractivity contribution in [1.82, 2.24) is 10.6 Å². The maximum Gasteiger partial charge on any atom is 0.407 e. The van der Waals surface area contributed by atoms with E-state index < -0.39 is 5.60 Å². The molecule has 0 aliphatic heterocycles. The van der Waals surface area contributed by atoms with Crippen molar-refractivity contribution in [3.8, 4) is 0 Å². The molecule has 1 rings (SSSR count). The fourth-order valence-corrected chi connectivity index (χ4v) is 2.37. The van der Waals surface area contributed by atoms with E-state index in [0.29, 0.717) is 6.54 Å². The first-order valence-electron chi connectivity index (χ1n) is 8.25. The van der Waals surface area contributed by atoms with Gasteiger partial charge in [-0.25, -0.2) is 4.79 Å². The molecule has 5 heteroatoms. The molecular weight excluding hydrogens is 312 g/mol. The van der Waals surface area contributed by atoms with Crippen molar-refractivity contribution >= 4 is 17.7 Å². The number of unbranched alkanes of at least 4 members (excludes halogenated alkanes) is 1. The number of ether oxygens (including phenoxy) is 1. The second-order valence-corrected chi connectivity index (χ2v) is 7.17. The number of hydrogen-bond acceptors (Lipinski definition) is 3. The number of benzene rings is 1. The lowest BCUT2D eigenvalue weighted by Crippen LogP contribution is -2.42. The number of hydrogen-bond donors (Lipinski definition) is 2. The van der Waals surface area contributed by atoms with Crippen molar-refractivity contribution < 1.29 is 9.53 Å². The highest BCUT2D eigenvalue weighted by Crippen LogP contribution is 2.11. The molecule has 0 saturated carbocycles. The zero-order valence-electron chi connectivity index (χ0n) is 14.6.